The molecule has 3 amide bonds. The molecule has 0 saturated carbocycles. The molecule has 1 aliphatic rings. The van der Waals surface area contributed by atoms with Crippen molar-refractivity contribution in [3.05, 3.63) is 78.4 Å². The number of hydrogen-bond donors (Lipinski definition) is 2. The second-order valence-corrected chi connectivity index (χ2v) is 7.19. The van der Waals surface area contributed by atoms with Gasteiger partial charge in [0.2, 0.25) is 5.91 Å². The Morgan fingerprint density at radius 2 is 1.71 bits per heavy atom. The number of fused-ring (bicyclic) bond motifs is 1. The van der Waals surface area contributed by atoms with Gasteiger partial charge in [0.1, 0.15) is 0 Å². The maximum atomic E-state index is 12.4. The molecule has 2 unspecified atom stereocenters. The van der Waals surface area contributed by atoms with Crippen molar-refractivity contribution in [1.29, 1.82) is 0 Å². The van der Waals surface area contributed by atoms with Crippen molar-refractivity contribution in [3.63, 3.8) is 0 Å². The second-order valence-electron chi connectivity index (χ2n) is 7.19. The summed E-state index contributed by atoms with van der Waals surface area (Å²) in [5, 5.41) is 8.00. The van der Waals surface area contributed by atoms with Crippen LogP contribution in [0.1, 0.15) is 24.9 Å². The molecule has 2 atom stereocenters. The van der Waals surface area contributed by atoms with Gasteiger partial charge in [-0.2, -0.15) is 0 Å². The zero-order chi connectivity index (χ0) is 19.5. The predicted octanol–water partition coefficient (Wildman–Crippen LogP) is 4.32. The Balaban J connectivity index is 1.37. The summed E-state index contributed by atoms with van der Waals surface area (Å²) >= 11 is 0. The van der Waals surface area contributed by atoms with Gasteiger partial charge in [-0.15, -0.1) is 0 Å². The molecular formula is C23H23N3O2. The summed E-state index contributed by atoms with van der Waals surface area (Å²) in [6.45, 7) is 2.53. The first-order valence-corrected chi connectivity index (χ1v) is 9.51. The molecular weight excluding hydrogens is 350 g/mol. The number of anilines is 1. The summed E-state index contributed by atoms with van der Waals surface area (Å²) in [4.78, 5) is 26.7. The highest BCUT2D eigenvalue weighted by Crippen LogP contribution is 2.25. The summed E-state index contributed by atoms with van der Waals surface area (Å²) in [5.74, 6) is 0.0624. The highest BCUT2D eigenvalue weighted by Gasteiger charge is 2.33. The van der Waals surface area contributed by atoms with Crippen molar-refractivity contribution < 1.29 is 9.59 Å². The molecule has 1 saturated heterocycles. The number of carbonyl (C=O) groups excluding carboxylic acids is 2. The normalized spacial score (nSPS) is 17.5. The van der Waals surface area contributed by atoms with Crippen LogP contribution in [0.2, 0.25) is 0 Å². The number of benzene rings is 3. The summed E-state index contributed by atoms with van der Waals surface area (Å²) in [6.07, 6.45) is 0.322. The average molecular weight is 373 g/mol. The predicted molar refractivity (Wildman–Crippen MR) is 111 cm³/mol. The molecule has 0 spiro atoms. The number of nitrogens with zero attached hydrogens (tertiary/aromatic N) is 1. The van der Waals surface area contributed by atoms with Gasteiger partial charge in [0.05, 0.1) is 12.1 Å². The topological polar surface area (TPSA) is 61.4 Å². The number of rotatable bonds is 4. The molecule has 142 valence electrons. The molecule has 4 rings (SSSR count). The van der Waals surface area contributed by atoms with E-state index in [-0.39, 0.29) is 24.0 Å². The van der Waals surface area contributed by atoms with Crippen LogP contribution in [0.15, 0.2) is 72.8 Å². The van der Waals surface area contributed by atoms with E-state index in [0.717, 1.165) is 22.0 Å². The van der Waals surface area contributed by atoms with Gasteiger partial charge >= 0.3 is 6.03 Å². The Kier molecular flexibility index (Phi) is 4.98. The van der Waals surface area contributed by atoms with Crippen LogP contribution in [-0.4, -0.2) is 29.4 Å². The van der Waals surface area contributed by atoms with E-state index in [1.165, 1.54) is 0 Å². The molecule has 5 nitrogen and oxygen atoms in total. The average Bonchev–Trinajstić information content (AvgIpc) is 3.07. The van der Waals surface area contributed by atoms with Gasteiger partial charge < -0.3 is 15.5 Å². The van der Waals surface area contributed by atoms with E-state index in [2.05, 4.69) is 10.6 Å². The number of hydrogen-bond acceptors (Lipinski definition) is 2. The van der Waals surface area contributed by atoms with E-state index in [4.69, 9.17) is 0 Å². The lowest BCUT2D eigenvalue weighted by Crippen LogP contribution is -2.40. The SMILES string of the molecule is CC(c1ccccc1)N1CC(NC(=O)Nc2ccc3ccccc3c2)CC1=O. The van der Waals surface area contributed by atoms with E-state index in [1.54, 1.807) is 0 Å². The first kappa shape index (κ1) is 18.0. The van der Waals surface area contributed by atoms with Crippen molar-refractivity contribution >= 4 is 28.4 Å². The van der Waals surface area contributed by atoms with Crippen LogP contribution < -0.4 is 10.6 Å². The molecule has 0 aromatic heterocycles. The van der Waals surface area contributed by atoms with E-state index >= 15 is 0 Å². The molecule has 2 N–H and O–H groups in total. The van der Waals surface area contributed by atoms with Crippen LogP contribution in [0.5, 0.6) is 0 Å². The minimum Gasteiger partial charge on any atom is -0.334 e. The highest BCUT2D eigenvalue weighted by atomic mass is 16.2. The van der Waals surface area contributed by atoms with Crippen molar-refractivity contribution in [2.75, 3.05) is 11.9 Å². The third-order valence-corrected chi connectivity index (χ3v) is 5.25. The highest BCUT2D eigenvalue weighted by molar-refractivity contribution is 5.94. The lowest BCUT2D eigenvalue weighted by Gasteiger charge is -2.25. The number of amides is 3. The molecule has 0 aliphatic carbocycles. The third kappa shape index (κ3) is 3.83. The minimum atomic E-state index is -0.290. The van der Waals surface area contributed by atoms with E-state index in [9.17, 15) is 9.59 Å². The van der Waals surface area contributed by atoms with Gasteiger partial charge in [-0.05, 0) is 35.4 Å². The van der Waals surface area contributed by atoms with Gasteiger partial charge in [-0.25, -0.2) is 4.79 Å². The Bertz CT molecular complexity index is 1000. The number of likely N-dealkylation sites (tertiary alicyclic amines) is 1. The molecule has 0 radical (unpaired) electrons. The first-order valence-electron chi connectivity index (χ1n) is 9.51. The smallest absolute Gasteiger partial charge is 0.319 e. The molecule has 3 aromatic carbocycles. The lowest BCUT2D eigenvalue weighted by atomic mass is 10.1. The van der Waals surface area contributed by atoms with E-state index < -0.39 is 0 Å². The van der Waals surface area contributed by atoms with Crippen LogP contribution in [0.25, 0.3) is 10.8 Å². The Morgan fingerprint density at radius 3 is 2.50 bits per heavy atom. The zero-order valence-corrected chi connectivity index (χ0v) is 15.8. The van der Waals surface area contributed by atoms with Gasteiger partial charge in [0, 0.05) is 18.7 Å². The van der Waals surface area contributed by atoms with Gasteiger partial charge in [-0.1, -0.05) is 60.7 Å². The van der Waals surface area contributed by atoms with Gasteiger partial charge in [0.15, 0.2) is 0 Å². The van der Waals surface area contributed by atoms with Crippen molar-refractivity contribution in [2.24, 2.45) is 0 Å². The lowest BCUT2D eigenvalue weighted by molar-refractivity contribution is -0.129. The quantitative estimate of drug-likeness (QED) is 0.715. The fourth-order valence-corrected chi connectivity index (χ4v) is 3.73. The monoisotopic (exact) mass is 373 g/mol. The molecule has 1 aliphatic heterocycles. The van der Waals surface area contributed by atoms with Crippen LogP contribution in [0, 0.1) is 0 Å². The Labute approximate surface area is 164 Å². The van der Waals surface area contributed by atoms with Crippen molar-refractivity contribution in [3.8, 4) is 0 Å². The summed E-state index contributed by atoms with van der Waals surface area (Å²) in [6, 6.07) is 23.3. The largest absolute Gasteiger partial charge is 0.334 e. The first-order chi connectivity index (χ1) is 13.6. The fraction of sp³-hybridized carbons (Fsp3) is 0.217. The maximum Gasteiger partial charge on any atom is 0.319 e. The molecule has 3 aromatic rings. The number of nitrogens with one attached hydrogen (secondary N) is 2. The number of urea groups is 1. The van der Waals surface area contributed by atoms with E-state index in [1.807, 2.05) is 84.6 Å². The van der Waals surface area contributed by atoms with E-state index in [0.29, 0.717) is 13.0 Å². The van der Waals surface area contributed by atoms with Crippen LogP contribution in [0.3, 0.4) is 0 Å². The molecule has 0 bridgehead atoms. The van der Waals surface area contributed by atoms with Crippen molar-refractivity contribution in [1.82, 2.24) is 10.2 Å². The van der Waals surface area contributed by atoms with Crippen LogP contribution in [0.4, 0.5) is 10.5 Å². The molecule has 28 heavy (non-hydrogen) atoms. The van der Waals surface area contributed by atoms with Crippen LogP contribution in [-0.2, 0) is 4.79 Å². The Morgan fingerprint density at radius 1 is 1.00 bits per heavy atom. The fourth-order valence-electron chi connectivity index (χ4n) is 3.73. The van der Waals surface area contributed by atoms with Gasteiger partial charge in [-0.3, -0.25) is 4.79 Å². The maximum absolute atomic E-state index is 12.4. The standard InChI is InChI=1S/C23H23N3O2/c1-16(17-7-3-2-4-8-17)26-15-21(14-22(26)27)25-23(28)24-20-12-11-18-9-5-6-10-19(18)13-20/h2-13,16,21H,14-15H2,1H3,(H2,24,25,28). The summed E-state index contributed by atoms with van der Waals surface area (Å²) < 4.78 is 0. The minimum absolute atomic E-state index is 0.0101. The van der Waals surface area contributed by atoms with Crippen LogP contribution >= 0.6 is 0 Å². The second kappa shape index (κ2) is 7.72. The van der Waals surface area contributed by atoms with Crippen molar-refractivity contribution in [2.45, 2.75) is 25.4 Å². The summed E-state index contributed by atoms with van der Waals surface area (Å²) in [5.41, 5.74) is 1.83. The third-order valence-electron chi connectivity index (χ3n) is 5.25. The molecule has 5 heteroatoms. The summed E-state index contributed by atoms with van der Waals surface area (Å²) in [7, 11) is 0. The molecule has 1 fully saturated rings. The number of carbonyl (C=O) groups is 2. The zero-order valence-electron chi connectivity index (χ0n) is 15.8. The van der Waals surface area contributed by atoms with Gasteiger partial charge in [0.25, 0.3) is 0 Å². The Hall–Kier alpha value is -3.34. The molecule has 1 heterocycles.